The summed E-state index contributed by atoms with van der Waals surface area (Å²) < 4.78 is 28.2. The van der Waals surface area contributed by atoms with E-state index in [9.17, 15) is 9.18 Å². The van der Waals surface area contributed by atoms with Gasteiger partial charge >= 0.3 is 0 Å². The standard InChI is InChI=1S/C25H21FN2O3/c1-16-21(14-29)28-11-5-8-22(25(28)27-16)31-24-20-10-9-19(26)12-18(20)13-23(24)30-15-17-6-3-2-4-7-17/h2-12,14,23-24H,13,15H2,1H3/t23-,24-/m1/s1. The third kappa shape index (κ3) is 3.59. The van der Waals surface area contributed by atoms with Crippen LogP contribution in [0.25, 0.3) is 5.65 Å². The van der Waals surface area contributed by atoms with Crippen molar-refractivity contribution >= 4 is 11.9 Å². The second-order valence-corrected chi connectivity index (χ2v) is 7.69. The van der Waals surface area contributed by atoms with Gasteiger partial charge in [0.15, 0.2) is 23.8 Å². The number of pyridine rings is 1. The van der Waals surface area contributed by atoms with Crippen LogP contribution in [0.5, 0.6) is 5.75 Å². The summed E-state index contributed by atoms with van der Waals surface area (Å²) in [5, 5.41) is 0. The Hall–Kier alpha value is -3.51. The number of nitrogens with zero attached hydrogens (tertiary/aromatic N) is 2. The summed E-state index contributed by atoms with van der Waals surface area (Å²) in [4.78, 5) is 16.0. The summed E-state index contributed by atoms with van der Waals surface area (Å²) in [6, 6.07) is 18.3. The molecule has 1 aliphatic rings. The summed E-state index contributed by atoms with van der Waals surface area (Å²) >= 11 is 0. The smallest absolute Gasteiger partial charge is 0.180 e. The summed E-state index contributed by atoms with van der Waals surface area (Å²) in [7, 11) is 0. The number of imidazole rings is 1. The number of hydrogen-bond donors (Lipinski definition) is 0. The molecule has 2 aromatic carbocycles. The Labute approximate surface area is 179 Å². The Morgan fingerprint density at radius 2 is 2.00 bits per heavy atom. The average Bonchev–Trinajstić information content (AvgIpc) is 3.29. The lowest BCUT2D eigenvalue weighted by Gasteiger charge is -2.23. The molecule has 0 radical (unpaired) electrons. The van der Waals surface area contributed by atoms with Crippen molar-refractivity contribution in [2.24, 2.45) is 0 Å². The van der Waals surface area contributed by atoms with Crippen LogP contribution in [-0.2, 0) is 17.8 Å². The molecule has 2 heterocycles. The molecule has 2 atom stereocenters. The monoisotopic (exact) mass is 416 g/mol. The van der Waals surface area contributed by atoms with E-state index in [4.69, 9.17) is 9.47 Å². The fourth-order valence-electron chi connectivity index (χ4n) is 4.16. The second kappa shape index (κ2) is 7.96. The number of ether oxygens (including phenoxy) is 2. The zero-order valence-corrected chi connectivity index (χ0v) is 17.0. The molecule has 5 rings (SSSR count). The van der Waals surface area contributed by atoms with Crippen molar-refractivity contribution in [3.8, 4) is 5.75 Å². The van der Waals surface area contributed by atoms with Crippen molar-refractivity contribution in [2.45, 2.75) is 32.2 Å². The van der Waals surface area contributed by atoms with E-state index in [1.165, 1.54) is 6.07 Å². The van der Waals surface area contributed by atoms with E-state index in [0.717, 1.165) is 23.0 Å². The lowest BCUT2D eigenvalue weighted by Crippen LogP contribution is -2.23. The molecule has 0 fully saturated rings. The van der Waals surface area contributed by atoms with E-state index in [1.54, 1.807) is 29.7 Å². The van der Waals surface area contributed by atoms with Crippen LogP contribution in [0.3, 0.4) is 0 Å². The topological polar surface area (TPSA) is 52.8 Å². The summed E-state index contributed by atoms with van der Waals surface area (Å²) in [6.45, 7) is 2.23. The Bertz CT molecular complexity index is 1250. The maximum Gasteiger partial charge on any atom is 0.180 e. The number of rotatable bonds is 6. The van der Waals surface area contributed by atoms with Gasteiger partial charge in [-0.15, -0.1) is 0 Å². The molecule has 31 heavy (non-hydrogen) atoms. The highest BCUT2D eigenvalue weighted by Gasteiger charge is 2.36. The van der Waals surface area contributed by atoms with Gasteiger partial charge in [0.05, 0.1) is 12.3 Å². The number of aryl methyl sites for hydroxylation is 1. The Kier molecular flexibility index (Phi) is 5.00. The van der Waals surface area contributed by atoms with Crippen molar-refractivity contribution in [1.29, 1.82) is 0 Å². The molecule has 0 saturated heterocycles. The predicted octanol–water partition coefficient (Wildman–Crippen LogP) is 4.86. The molecule has 6 heteroatoms. The minimum atomic E-state index is -0.415. The van der Waals surface area contributed by atoms with Gasteiger partial charge in [-0.3, -0.25) is 9.20 Å². The first-order valence-corrected chi connectivity index (χ1v) is 10.2. The molecule has 2 aromatic heterocycles. The number of carbonyl (C=O) groups is 1. The lowest BCUT2D eigenvalue weighted by atomic mass is 10.1. The zero-order chi connectivity index (χ0) is 21.4. The van der Waals surface area contributed by atoms with Gasteiger partial charge in [-0.25, -0.2) is 9.37 Å². The average molecular weight is 416 g/mol. The van der Waals surface area contributed by atoms with E-state index in [2.05, 4.69) is 4.98 Å². The van der Waals surface area contributed by atoms with E-state index < -0.39 is 6.10 Å². The van der Waals surface area contributed by atoms with Gasteiger partial charge in [0, 0.05) is 12.6 Å². The van der Waals surface area contributed by atoms with Crippen LogP contribution in [0.2, 0.25) is 0 Å². The van der Waals surface area contributed by atoms with Crippen molar-refractivity contribution in [3.63, 3.8) is 0 Å². The minimum absolute atomic E-state index is 0.275. The molecule has 0 aliphatic heterocycles. The summed E-state index contributed by atoms with van der Waals surface area (Å²) in [5.41, 5.74) is 4.54. The maximum absolute atomic E-state index is 13.9. The van der Waals surface area contributed by atoms with Gasteiger partial charge in [-0.2, -0.15) is 0 Å². The maximum atomic E-state index is 13.9. The second-order valence-electron chi connectivity index (χ2n) is 7.69. The van der Waals surface area contributed by atoms with Crippen LogP contribution in [0.15, 0.2) is 66.9 Å². The molecule has 0 saturated carbocycles. The molecule has 4 aromatic rings. The quantitative estimate of drug-likeness (QED) is 0.422. The van der Waals surface area contributed by atoms with Crippen molar-refractivity contribution < 1.29 is 18.7 Å². The first kappa shape index (κ1) is 19.5. The van der Waals surface area contributed by atoms with Crippen LogP contribution < -0.4 is 4.74 Å². The van der Waals surface area contributed by atoms with E-state index in [1.807, 2.05) is 42.5 Å². The highest BCUT2D eigenvalue weighted by Crippen LogP contribution is 2.39. The number of aromatic nitrogens is 2. The van der Waals surface area contributed by atoms with Gasteiger partial charge in [-0.1, -0.05) is 36.4 Å². The molecule has 1 aliphatic carbocycles. The van der Waals surface area contributed by atoms with Crippen LogP contribution >= 0.6 is 0 Å². The number of halogens is 1. The van der Waals surface area contributed by atoms with E-state index >= 15 is 0 Å². The molecule has 0 amide bonds. The number of carbonyl (C=O) groups excluding carboxylic acids is 1. The SMILES string of the molecule is Cc1nc2c(O[C@@H]3c4ccc(F)cc4C[C@H]3OCc3ccccc3)cccn2c1C=O. The van der Waals surface area contributed by atoms with Crippen LogP contribution in [0, 0.1) is 12.7 Å². The molecule has 156 valence electrons. The Morgan fingerprint density at radius 3 is 2.81 bits per heavy atom. The fraction of sp³-hybridized carbons (Fsp3) is 0.200. The number of aldehydes is 1. The number of hydrogen-bond acceptors (Lipinski definition) is 4. The van der Waals surface area contributed by atoms with Gasteiger partial charge < -0.3 is 9.47 Å². The summed E-state index contributed by atoms with van der Waals surface area (Å²) in [5.74, 6) is 0.275. The van der Waals surface area contributed by atoms with E-state index in [-0.39, 0.29) is 11.9 Å². The van der Waals surface area contributed by atoms with E-state index in [0.29, 0.717) is 35.8 Å². The molecule has 0 bridgehead atoms. The first-order chi connectivity index (χ1) is 15.1. The van der Waals surface area contributed by atoms with Crippen molar-refractivity contribution in [1.82, 2.24) is 9.38 Å². The third-order valence-electron chi connectivity index (χ3n) is 5.68. The normalized spacial score (nSPS) is 17.6. The van der Waals surface area contributed by atoms with Crippen molar-refractivity contribution in [2.75, 3.05) is 0 Å². The third-order valence-corrected chi connectivity index (χ3v) is 5.68. The Balaban J connectivity index is 1.49. The molecule has 0 unspecified atom stereocenters. The van der Waals surface area contributed by atoms with Crippen LogP contribution in [-0.4, -0.2) is 21.8 Å². The van der Waals surface area contributed by atoms with Gasteiger partial charge in [0.2, 0.25) is 0 Å². The molecular formula is C25H21FN2O3. The first-order valence-electron chi connectivity index (χ1n) is 10.2. The summed E-state index contributed by atoms with van der Waals surface area (Å²) in [6.07, 6.45) is 2.44. The van der Waals surface area contributed by atoms with Crippen LogP contribution in [0.1, 0.15) is 39.0 Å². The van der Waals surface area contributed by atoms with Crippen molar-refractivity contribution in [3.05, 3.63) is 101 Å². The fourth-order valence-corrected chi connectivity index (χ4v) is 4.16. The van der Waals surface area contributed by atoms with Gasteiger partial charge in [0.1, 0.15) is 17.6 Å². The predicted molar refractivity (Wildman–Crippen MR) is 114 cm³/mol. The molecular weight excluding hydrogens is 395 g/mol. The molecule has 5 nitrogen and oxygen atoms in total. The highest BCUT2D eigenvalue weighted by atomic mass is 19.1. The number of benzene rings is 2. The zero-order valence-electron chi connectivity index (χ0n) is 17.0. The number of fused-ring (bicyclic) bond motifs is 2. The molecule has 0 N–H and O–H groups in total. The van der Waals surface area contributed by atoms with Gasteiger partial charge in [-0.05, 0) is 47.9 Å². The van der Waals surface area contributed by atoms with Gasteiger partial charge in [0.25, 0.3) is 0 Å². The highest BCUT2D eigenvalue weighted by molar-refractivity contribution is 5.77. The van der Waals surface area contributed by atoms with Crippen LogP contribution in [0.4, 0.5) is 4.39 Å². The molecule has 0 spiro atoms. The Morgan fingerprint density at radius 1 is 1.16 bits per heavy atom. The largest absolute Gasteiger partial charge is 0.479 e. The minimum Gasteiger partial charge on any atom is -0.479 e. The lowest BCUT2D eigenvalue weighted by molar-refractivity contribution is -0.0253.